The lowest BCUT2D eigenvalue weighted by Gasteiger charge is -2.50. The molecule has 0 saturated carbocycles. The highest BCUT2D eigenvalue weighted by Crippen LogP contribution is 2.28. The number of benzene rings is 1. The third-order valence-electron chi connectivity index (χ3n) is 4.26. The summed E-state index contributed by atoms with van der Waals surface area (Å²) in [4.78, 5) is 5.06. The number of nitrogens with zero attached hydrogens (tertiary/aromatic N) is 2. The molecule has 3 rings (SSSR count). The lowest BCUT2D eigenvalue weighted by atomic mass is 9.97. The first-order chi connectivity index (χ1) is 9.07. The number of anilines is 1. The number of piperazine rings is 1. The fraction of sp³-hybridized carbons (Fsp3) is 0.600. The minimum Gasteiger partial charge on any atom is -0.377 e. The van der Waals surface area contributed by atoms with Gasteiger partial charge in [-0.05, 0) is 37.6 Å². The average Bonchev–Trinajstić information content (AvgIpc) is 2.35. The van der Waals surface area contributed by atoms with Gasteiger partial charge < -0.3 is 9.64 Å². The van der Waals surface area contributed by atoms with Gasteiger partial charge in [0.1, 0.15) is 0 Å². The lowest BCUT2D eigenvalue weighted by molar-refractivity contribution is -0.131. The third kappa shape index (κ3) is 2.67. The first-order valence-corrected chi connectivity index (χ1v) is 7.71. The zero-order valence-corrected chi connectivity index (χ0v) is 13.2. The van der Waals surface area contributed by atoms with E-state index in [9.17, 15) is 0 Å². The van der Waals surface area contributed by atoms with E-state index in [2.05, 4.69) is 57.8 Å². The maximum absolute atomic E-state index is 5.37. The summed E-state index contributed by atoms with van der Waals surface area (Å²) in [6.45, 7) is 10.7. The van der Waals surface area contributed by atoms with Gasteiger partial charge in [0.05, 0.1) is 18.8 Å². The van der Waals surface area contributed by atoms with Crippen molar-refractivity contribution in [2.75, 3.05) is 44.3 Å². The number of hydrogen-bond acceptors (Lipinski definition) is 3. The van der Waals surface area contributed by atoms with Crippen molar-refractivity contribution >= 4 is 21.6 Å². The molecule has 2 fully saturated rings. The smallest absolute Gasteiger partial charge is 0.0671 e. The first-order valence-electron chi connectivity index (χ1n) is 6.92. The molecule has 1 aromatic rings. The van der Waals surface area contributed by atoms with E-state index in [1.54, 1.807) is 0 Å². The van der Waals surface area contributed by atoms with Crippen molar-refractivity contribution in [3.05, 3.63) is 28.2 Å². The van der Waals surface area contributed by atoms with E-state index >= 15 is 0 Å². The van der Waals surface area contributed by atoms with Gasteiger partial charge in [-0.2, -0.15) is 0 Å². The highest BCUT2D eigenvalue weighted by Gasteiger charge is 2.40. The van der Waals surface area contributed by atoms with Crippen LogP contribution in [0.2, 0.25) is 0 Å². The molecule has 19 heavy (non-hydrogen) atoms. The summed E-state index contributed by atoms with van der Waals surface area (Å²) in [7, 11) is 0. The zero-order valence-electron chi connectivity index (χ0n) is 11.7. The Labute approximate surface area is 123 Å². The Balaban J connectivity index is 1.66. The normalized spacial score (nSPS) is 23.2. The van der Waals surface area contributed by atoms with Crippen molar-refractivity contribution in [3.63, 3.8) is 0 Å². The molecule has 1 aromatic carbocycles. The minimum absolute atomic E-state index is 0.291. The van der Waals surface area contributed by atoms with E-state index < -0.39 is 0 Å². The van der Waals surface area contributed by atoms with Crippen LogP contribution in [0.25, 0.3) is 0 Å². The summed E-state index contributed by atoms with van der Waals surface area (Å²) < 4.78 is 6.54. The average molecular weight is 325 g/mol. The Bertz CT molecular complexity index is 445. The van der Waals surface area contributed by atoms with Crippen LogP contribution in [-0.2, 0) is 4.74 Å². The molecule has 0 atom stereocenters. The van der Waals surface area contributed by atoms with Crippen molar-refractivity contribution < 1.29 is 4.74 Å². The summed E-state index contributed by atoms with van der Waals surface area (Å²) in [5.74, 6) is 0. The van der Waals surface area contributed by atoms with E-state index in [1.165, 1.54) is 15.7 Å². The monoisotopic (exact) mass is 324 g/mol. The van der Waals surface area contributed by atoms with Crippen LogP contribution in [0, 0.1) is 6.92 Å². The van der Waals surface area contributed by atoms with Gasteiger partial charge in [0.25, 0.3) is 0 Å². The van der Waals surface area contributed by atoms with Crippen LogP contribution < -0.4 is 4.90 Å². The summed E-state index contributed by atoms with van der Waals surface area (Å²) in [5, 5.41) is 0. The third-order valence-corrected chi connectivity index (χ3v) is 4.72. The molecule has 0 aromatic heterocycles. The summed E-state index contributed by atoms with van der Waals surface area (Å²) >= 11 is 3.59. The van der Waals surface area contributed by atoms with Crippen molar-refractivity contribution in [1.29, 1.82) is 0 Å². The maximum atomic E-state index is 5.37. The molecule has 0 unspecified atom stereocenters. The molecular weight excluding hydrogens is 304 g/mol. The quantitative estimate of drug-likeness (QED) is 0.831. The van der Waals surface area contributed by atoms with Gasteiger partial charge in [0.15, 0.2) is 0 Å². The van der Waals surface area contributed by atoms with E-state index in [-0.39, 0.29) is 0 Å². The maximum Gasteiger partial charge on any atom is 0.0671 e. The highest BCUT2D eigenvalue weighted by molar-refractivity contribution is 9.10. The molecular formula is C15H21BrN2O. The van der Waals surface area contributed by atoms with E-state index in [0.29, 0.717) is 5.54 Å². The number of hydrogen-bond donors (Lipinski definition) is 0. The van der Waals surface area contributed by atoms with Crippen LogP contribution in [0.15, 0.2) is 22.7 Å². The van der Waals surface area contributed by atoms with Crippen molar-refractivity contribution in [3.8, 4) is 0 Å². The van der Waals surface area contributed by atoms with E-state index in [1.807, 2.05) is 0 Å². The van der Waals surface area contributed by atoms with Gasteiger partial charge in [-0.25, -0.2) is 0 Å². The molecule has 0 spiro atoms. The van der Waals surface area contributed by atoms with Crippen LogP contribution in [0.3, 0.4) is 0 Å². The fourth-order valence-corrected chi connectivity index (χ4v) is 3.58. The molecule has 2 heterocycles. The molecule has 4 heteroatoms. The standard InChI is InChI=1S/C15H21BrN2O/c1-12-7-13(16)9-14(8-12)17-3-5-18(6-4-17)15(2)10-19-11-15/h7-9H,3-6,10-11H2,1-2H3. The second kappa shape index (κ2) is 5.08. The van der Waals surface area contributed by atoms with Gasteiger partial charge in [-0.3, -0.25) is 4.90 Å². The minimum atomic E-state index is 0.291. The van der Waals surface area contributed by atoms with Crippen LogP contribution in [0.4, 0.5) is 5.69 Å². The Kier molecular flexibility index (Phi) is 3.58. The van der Waals surface area contributed by atoms with Crippen LogP contribution >= 0.6 is 15.9 Å². The van der Waals surface area contributed by atoms with Crippen LogP contribution in [0.5, 0.6) is 0 Å². The Hall–Kier alpha value is -0.580. The summed E-state index contributed by atoms with van der Waals surface area (Å²) in [6.07, 6.45) is 0. The molecule has 0 N–H and O–H groups in total. The molecule has 2 aliphatic heterocycles. The molecule has 3 nitrogen and oxygen atoms in total. The Morgan fingerprint density at radius 1 is 1.11 bits per heavy atom. The van der Waals surface area contributed by atoms with Crippen molar-refractivity contribution in [1.82, 2.24) is 4.90 Å². The zero-order chi connectivity index (χ0) is 13.5. The molecule has 0 bridgehead atoms. The first kappa shape index (κ1) is 13.4. The molecule has 2 saturated heterocycles. The van der Waals surface area contributed by atoms with E-state index in [0.717, 1.165) is 39.4 Å². The van der Waals surface area contributed by atoms with Crippen molar-refractivity contribution in [2.24, 2.45) is 0 Å². The van der Waals surface area contributed by atoms with Gasteiger partial charge in [0.2, 0.25) is 0 Å². The topological polar surface area (TPSA) is 15.7 Å². The lowest BCUT2D eigenvalue weighted by Crippen LogP contribution is -2.64. The fourth-order valence-electron chi connectivity index (χ4n) is 2.98. The Morgan fingerprint density at radius 2 is 1.79 bits per heavy atom. The second-order valence-electron chi connectivity index (χ2n) is 5.95. The number of rotatable bonds is 2. The molecule has 104 valence electrons. The Morgan fingerprint density at radius 3 is 2.32 bits per heavy atom. The molecule has 0 radical (unpaired) electrons. The largest absolute Gasteiger partial charge is 0.377 e. The number of ether oxygens (including phenoxy) is 1. The van der Waals surface area contributed by atoms with Gasteiger partial charge in [0, 0.05) is 36.3 Å². The van der Waals surface area contributed by atoms with Crippen LogP contribution in [-0.4, -0.2) is 49.8 Å². The molecule has 2 aliphatic rings. The second-order valence-corrected chi connectivity index (χ2v) is 6.87. The molecule has 0 aliphatic carbocycles. The number of aryl methyl sites for hydroxylation is 1. The number of halogens is 1. The van der Waals surface area contributed by atoms with Gasteiger partial charge in [-0.1, -0.05) is 15.9 Å². The van der Waals surface area contributed by atoms with Gasteiger partial charge >= 0.3 is 0 Å². The highest BCUT2D eigenvalue weighted by atomic mass is 79.9. The SMILES string of the molecule is Cc1cc(Br)cc(N2CCN(C3(C)COC3)CC2)c1. The van der Waals surface area contributed by atoms with Crippen molar-refractivity contribution in [2.45, 2.75) is 19.4 Å². The van der Waals surface area contributed by atoms with E-state index in [4.69, 9.17) is 4.74 Å². The predicted molar refractivity (Wildman–Crippen MR) is 81.9 cm³/mol. The summed E-state index contributed by atoms with van der Waals surface area (Å²) in [5.41, 5.74) is 2.94. The van der Waals surface area contributed by atoms with Crippen LogP contribution in [0.1, 0.15) is 12.5 Å². The summed E-state index contributed by atoms with van der Waals surface area (Å²) in [6, 6.07) is 6.65. The predicted octanol–water partition coefficient (Wildman–Crippen LogP) is 2.67. The molecule has 0 amide bonds. The van der Waals surface area contributed by atoms with Gasteiger partial charge in [-0.15, -0.1) is 0 Å².